The largest absolute Gasteiger partial charge is 0.512 e. The van der Waals surface area contributed by atoms with E-state index in [0.717, 1.165) is 39.1 Å². The number of aliphatic hydroxyl groups excluding tert-OH is 1. The van der Waals surface area contributed by atoms with Gasteiger partial charge in [0.2, 0.25) is 5.58 Å². The van der Waals surface area contributed by atoms with Crippen molar-refractivity contribution >= 4 is 44.4 Å². The molecule has 0 saturated heterocycles. The summed E-state index contributed by atoms with van der Waals surface area (Å²) in [7, 11) is 4.15. The summed E-state index contributed by atoms with van der Waals surface area (Å²) in [5, 5.41) is 15.7. The Morgan fingerprint density at radius 2 is 1.65 bits per heavy atom. The van der Waals surface area contributed by atoms with Gasteiger partial charge in [-0.1, -0.05) is 66.7 Å². The van der Waals surface area contributed by atoms with Crippen molar-refractivity contribution in [1.29, 1.82) is 0 Å². The Morgan fingerprint density at radius 1 is 0.973 bits per heavy atom. The van der Waals surface area contributed by atoms with Gasteiger partial charge >= 0.3 is 5.89 Å². The molecule has 1 aliphatic heterocycles. The molecule has 1 atom stereocenters. The molecule has 4 nitrogen and oxygen atoms in total. The molecule has 1 aromatic heterocycles. The lowest BCUT2D eigenvalue weighted by Crippen LogP contribution is -2.32. The summed E-state index contributed by atoms with van der Waals surface area (Å²) in [6.07, 6.45) is 8.22. The molecule has 4 aromatic carbocycles. The van der Waals surface area contributed by atoms with E-state index < -0.39 is 5.41 Å². The number of aryl methyl sites for hydroxylation is 1. The Hall–Kier alpha value is -4.31. The molecule has 0 amide bonds. The van der Waals surface area contributed by atoms with Crippen LogP contribution in [0.25, 0.3) is 38.7 Å². The van der Waals surface area contributed by atoms with Crippen molar-refractivity contribution in [3.8, 4) is 0 Å². The number of allylic oxidation sites excluding steroid dienone is 5. The normalized spacial score (nSPS) is 19.2. The number of aromatic nitrogens is 1. The number of nitrogens with zero attached hydrogens (tertiary/aromatic N) is 2. The SMILES string of the molecule is C/C=C\C=C(/O)CC1(C)C(=Cc2oc3c4ccccc4ccc3[n+]2C)N(C)c2ccc3ccccc3c21. The Balaban J connectivity index is 1.60. The van der Waals surface area contributed by atoms with Gasteiger partial charge < -0.3 is 14.4 Å². The molecule has 1 unspecified atom stereocenters. The van der Waals surface area contributed by atoms with Gasteiger partial charge in [-0.25, -0.2) is 0 Å². The predicted molar refractivity (Wildman–Crippen MR) is 153 cm³/mol. The number of aliphatic hydroxyl groups is 1. The van der Waals surface area contributed by atoms with Crippen molar-refractivity contribution in [3.05, 3.63) is 114 Å². The molecule has 0 bridgehead atoms. The fraction of sp³-hybridized carbons (Fsp3) is 0.182. The molecule has 4 heteroatoms. The van der Waals surface area contributed by atoms with Crippen molar-refractivity contribution in [2.24, 2.45) is 7.05 Å². The first kappa shape index (κ1) is 23.1. The quantitative estimate of drug-likeness (QED) is 0.160. The molecule has 184 valence electrons. The summed E-state index contributed by atoms with van der Waals surface area (Å²) in [6, 6.07) is 25.4. The molecule has 0 spiro atoms. The van der Waals surface area contributed by atoms with E-state index in [1.807, 2.05) is 38.3 Å². The third kappa shape index (κ3) is 3.55. The zero-order chi connectivity index (χ0) is 25.7. The van der Waals surface area contributed by atoms with E-state index in [-0.39, 0.29) is 0 Å². The van der Waals surface area contributed by atoms with E-state index in [4.69, 9.17) is 4.42 Å². The Kier molecular flexibility index (Phi) is 5.41. The first-order chi connectivity index (χ1) is 17.9. The van der Waals surface area contributed by atoms with E-state index in [0.29, 0.717) is 12.2 Å². The summed E-state index contributed by atoms with van der Waals surface area (Å²) in [5.41, 5.74) is 4.92. The third-order valence-electron chi connectivity index (χ3n) is 7.78. The molecule has 1 aliphatic rings. The minimum Gasteiger partial charge on any atom is -0.512 e. The van der Waals surface area contributed by atoms with Crippen LogP contribution >= 0.6 is 0 Å². The van der Waals surface area contributed by atoms with Crippen molar-refractivity contribution < 1.29 is 14.1 Å². The highest BCUT2D eigenvalue weighted by Crippen LogP contribution is 2.53. The van der Waals surface area contributed by atoms with E-state index in [1.165, 1.54) is 16.3 Å². The molecule has 0 aliphatic carbocycles. The molecule has 0 fully saturated rings. The summed E-state index contributed by atoms with van der Waals surface area (Å²) in [4.78, 5) is 2.25. The maximum atomic E-state index is 11.0. The monoisotopic (exact) mass is 487 g/mol. The van der Waals surface area contributed by atoms with Gasteiger partial charge in [0.05, 0.1) is 11.8 Å². The van der Waals surface area contributed by atoms with Crippen LogP contribution in [-0.4, -0.2) is 12.2 Å². The van der Waals surface area contributed by atoms with Crippen LogP contribution in [0.15, 0.2) is 107 Å². The molecular weight excluding hydrogens is 456 g/mol. The lowest BCUT2D eigenvalue weighted by Gasteiger charge is -2.28. The van der Waals surface area contributed by atoms with Gasteiger partial charge in [-0.2, -0.15) is 4.57 Å². The highest BCUT2D eigenvalue weighted by molar-refractivity contribution is 6.02. The second kappa shape index (κ2) is 8.67. The van der Waals surface area contributed by atoms with Crippen LogP contribution in [0.1, 0.15) is 31.7 Å². The standard InChI is InChI=1S/C33H30N2O2/c1-5-6-13-24(36)21-33(2)29(34(3)27-18-16-22-11-7-9-14-25(22)31(27)33)20-30-35(4)28-19-17-23-12-8-10-15-26(23)32(28)37-30/h5-20H,21H2,1-4H3/p+1/b6-5-,24-13-. The number of hydrogen-bond acceptors (Lipinski definition) is 3. The minimum atomic E-state index is -0.471. The van der Waals surface area contributed by atoms with Crippen molar-refractivity contribution in [2.75, 3.05) is 11.9 Å². The maximum absolute atomic E-state index is 11.0. The molecule has 6 rings (SSSR count). The molecule has 1 N–H and O–H groups in total. The van der Waals surface area contributed by atoms with Crippen LogP contribution in [0.5, 0.6) is 0 Å². The summed E-state index contributed by atoms with van der Waals surface area (Å²) in [5.74, 6) is 1.12. The third-order valence-corrected chi connectivity index (χ3v) is 7.78. The van der Waals surface area contributed by atoms with Gasteiger partial charge in [-0.3, -0.25) is 0 Å². The average molecular weight is 488 g/mol. The highest BCUT2D eigenvalue weighted by atomic mass is 16.4. The fourth-order valence-electron chi connectivity index (χ4n) is 5.95. The van der Waals surface area contributed by atoms with Crippen LogP contribution in [-0.2, 0) is 12.5 Å². The van der Waals surface area contributed by atoms with Crippen LogP contribution in [0.2, 0.25) is 0 Å². The first-order valence-corrected chi connectivity index (χ1v) is 12.7. The van der Waals surface area contributed by atoms with Crippen LogP contribution < -0.4 is 9.47 Å². The number of likely N-dealkylation sites (N-methyl/N-ethyl adjacent to an activating group) is 1. The summed E-state index contributed by atoms with van der Waals surface area (Å²) < 4.78 is 8.65. The smallest absolute Gasteiger partial charge is 0.375 e. The van der Waals surface area contributed by atoms with E-state index >= 15 is 0 Å². The minimum absolute atomic E-state index is 0.348. The molecular formula is C33H31N2O2+. The fourth-order valence-corrected chi connectivity index (χ4v) is 5.95. The van der Waals surface area contributed by atoms with E-state index in [2.05, 4.69) is 90.2 Å². The van der Waals surface area contributed by atoms with Crippen LogP contribution in [0.3, 0.4) is 0 Å². The molecule has 2 heterocycles. The van der Waals surface area contributed by atoms with Crippen molar-refractivity contribution in [2.45, 2.75) is 25.7 Å². The zero-order valence-electron chi connectivity index (χ0n) is 21.7. The van der Waals surface area contributed by atoms with Gasteiger partial charge in [0, 0.05) is 41.7 Å². The average Bonchev–Trinajstić information content (AvgIpc) is 3.34. The van der Waals surface area contributed by atoms with Gasteiger partial charge in [-0.05, 0) is 53.8 Å². The number of rotatable bonds is 4. The van der Waals surface area contributed by atoms with Gasteiger partial charge in [0.25, 0.3) is 5.52 Å². The van der Waals surface area contributed by atoms with Crippen molar-refractivity contribution in [1.82, 2.24) is 0 Å². The first-order valence-electron chi connectivity index (χ1n) is 12.7. The molecule has 37 heavy (non-hydrogen) atoms. The van der Waals surface area contributed by atoms with Gasteiger partial charge in [0.15, 0.2) is 0 Å². The second-order valence-electron chi connectivity index (χ2n) is 10.1. The number of anilines is 1. The van der Waals surface area contributed by atoms with Crippen LogP contribution in [0.4, 0.5) is 5.69 Å². The molecule has 5 aromatic rings. The Labute approximate surface area is 217 Å². The highest BCUT2D eigenvalue weighted by Gasteiger charge is 2.45. The number of hydrogen-bond donors (Lipinski definition) is 1. The lowest BCUT2D eigenvalue weighted by atomic mass is 9.76. The number of benzene rings is 4. The van der Waals surface area contributed by atoms with E-state index in [1.54, 1.807) is 6.08 Å². The zero-order valence-corrected chi connectivity index (χ0v) is 21.7. The summed E-state index contributed by atoms with van der Waals surface area (Å²) >= 11 is 0. The van der Waals surface area contributed by atoms with Crippen molar-refractivity contribution in [3.63, 3.8) is 0 Å². The Morgan fingerprint density at radius 3 is 2.41 bits per heavy atom. The summed E-state index contributed by atoms with van der Waals surface area (Å²) in [6.45, 7) is 4.18. The predicted octanol–water partition coefficient (Wildman–Crippen LogP) is 7.72. The maximum Gasteiger partial charge on any atom is 0.375 e. The van der Waals surface area contributed by atoms with Crippen LogP contribution in [0, 0.1) is 0 Å². The number of oxazole rings is 1. The van der Waals surface area contributed by atoms with Gasteiger partial charge in [0.1, 0.15) is 7.05 Å². The topological polar surface area (TPSA) is 40.5 Å². The number of fused-ring (bicyclic) bond motifs is 6. The second-order valence-corrected chi connectivity index (χ2v) is 10.1. The molecule has 0 saturated carbocycles. The van der Waals surface area contributed by atoms with E-state index in [9.17, 15) is 5.11 Å². The lowest BCUT2D eigenvalue weighted by molar-refractivity contribution is -0.652. The molecule has 0 radical (unpaired) electrons. The van der Waals surface area contributed by atoms with Gasteiger partial charge in [-0.15, -0.1) is 0 Å². The Bertz CT molecular complexity index is 1770.